The highest BCUT2D eigenvalue weighted by molar-refractivity contribution is 9.10. The Kier molecular flexibility index (Phi) is 3.54. The Labute approximate surface area is 107 Å². The highest BCUT2D eigenvalue weighted by atomic mass is 79.9. The fourth-order valence-corrected chi connectivity index (χ4v) is 3.05. The van der Waals surface area contributed by atoms with E-state index >= 15 is 0 Å². The van der Waals surface area contributed by atoms with Gasteiger partial charge < -0.3 is 5.73 Å². The fraction of sp³-hybridized carbons (Fsp3) is 0.727. The van der Waals surface area contributed by atoms with Gasteiger partial charge in [-0.25, -0.2) is 8.78 Å². The Bertz CT molecular complexity index is 376. The first-order chi connectivity index (χ1) is 7.91. The molecule has 1 atom stereocenters. The molecular weight excluding hydrogens is 292 g/mol. The molecular formula is C11H16BrF2N3. The summed E-state index contributed by atoms with van der Waals surface area (Å²) >= 11 is 3.40. The summed E-state index contributed by atoms with van der Waals surface area (Å²) < 4.78 is 28.7. The number of hydrogen-bond acceptors (Lipinski definition) is 2. The van der Waals surface area contributed by atoms with Crippen molar-refractivity contribution in [1.82, 2.24) is 9.78 Å². The van der Waals surface area contributed by atoms with Gasteiger partial charge in [0.25, 0.3) is 0 Å². The van der Waals surface area contributed by atoms with Crippen molar-refractivity contribution in [3.8, 4) is 0 Å². The number of nitrogens with zero attached hydrogens (tertiary/aromatic N) is 2. The smallest absolute Gasteiger partial charge is 0.248 e. The molecule has 1 fully saturated rings. The second kappa shape index (κ2) is 4.65. The molecule has 1 aromatic rings. The molecule has 17 heavy (non-hydrogen) atoms. The summed E-state index contributed by atoms with van der Waals surface area (Å²) in [6.45, 7) is 0. The molecule has 1 aliphatic carbocycles. The SMILES string of the molecule is Cn1ncc(Br)c1C(N)C1CCC(F)(F)CC1. The fourth-order valence-electron chi connectivity index (χ4n) is 2.44. The van der Waals surface area contributed by atoms with Crippen LogP contribution in [-0.2, 0) is 7.05 Å². The number of halogens is 3. The van der Waals surface area contributed by atoms with Gasteiger partial charge in [-0.05, 0) is 34.7 Å². The summed E-state index contributed by atoms with van der Waals surface area (Å²) in [5.74, 6) is -2.39. The largest absolute Gasteiger partial charge is 0.322 e. The normalized spacial score (nSPS) is 22.6. The van der Waals surface area contributed by atoms with Gasteiger partial charge in [0.15, 0.2) is 0 Å². The quantitative estimate of drug-likeness (QED) is 0.913. The van der Waals surface area contributed by atoms with Crippen LogP contribution in [0.2, 0.25) is 0 Å². The van der Waals surface area contributed by atoms with E-state index < -0.39 is 5.92 Å². The zero-order valence-electron chi connectivity index (χ0n) is 9.67. The molecule has 1 saturated carbocycles. The molecule has 0 spiro atoms. The van der Waals surface area contributed by atoms with E-state index in [9.17, 15) is 8.78 Å². The Hall–Kier alpha value is -0.490. The minimum absolute atomic E-state index is 0.0547. The summed E-state index contributed by atoms with van der Waals surface area (Å²) in [4.78, 5) is 0. The highest BCUT2D eigenvalue weighted by Gasteiger charge is 2.38. The first kappa shape index (κ1) is 13.0. The second-order valence-electron chi connectivity index (χ2n) is 4.72. The first-order valence-electron chi connectivity index (χ1n) is 5.71. The summed E-state index contributed by atoms with van der Waals surface area (Å²) in [5.41, 5.74) is 7.06. The maximum Gasteiger partial charge on any atom is 0.248 e. The molecule has 0 saturated heterocycles. The third-order valence-electron chi connectivity index (χ3n) is 3.52. The van der Waals surface area contributed by atoms with Crippen LogP contribution in [0.25, 0.3) is 0 Å². The molecule has 2 N–H and O–H groups in total. The average molecular weight is 308 g/mol. The lowest BCUT2D eigenvalue weighted by molar-refractivity contribution is -0.0486. The molecule has 6 heteroatoms. The number of hydrogen-bond donors (Lipinski definition) is 1. The van der Waals surface area contributed by atoms with Gasteiger partial charge >= 0.3 is 0 Å². The molecule has 0 radical (unpaired) electrons. The molecule has 1 heterocycles. The van der Waals surface area contributed by atoms with Gasteiger partial charge in [-0.1, -0.05) is 0 Å². The minimum atomic E-state index is -2.50. The molecule has 0 bridgehead atoms. The van der Waals surface area contributed by atoms with Crippen LogP contribution in [0.15, 0.2) is 10.7 Å². The monoisotopic (exact) mass is 307 g/mol. The van der Waals surface area contributed by atoms with Crippen molar-refractivity contribution in [3.05, 3.63) is 16.4 Å². The van der Waals surface area contributed by atoms with Crippen LogP contribution in [0.5, 0.6) is 0 Å². The van der Waals surface area contributed by atoms with Gasteiger partial charge in [0.2, 0.25) is 5.92 Å². The van der Waals surface area contributed by atoms with Gasteiger partial charge in [-0.3, -0.25) is 4.68 Å². The molecule has 3 nitrogen and oxygen atoms in total. The third-order valence-corrected chi connectivity index (χ3v) is 4.13. The lowest BCUT2D eigenvalue weighted by atomic mass is 9.81. The van der Waals surface area contributed by atoms with E-state index in [1.807, 2.05) is 7.05 Å². The van der Waals surface area contributed by atoms with E-state index in [0.29, 0.717) is 12.8 Å². The molecule has 0 amide bonds. The number of rotatable bonds is 2. The molecule has 0 aromatic carbocycles. The molecule has 2 rings (SSSR count). The van der Waals surface area contributed by atoms with Crippen LogP contribution in [0.4, 0.5) is 8.78 Å². The van der Waals surface area contributed by atoms with E-state index in [4.69, 9.17) is 5.73 Å². The summed E-state index contributed by atoms with van der Waals surface area (Å²) in [6, 6.07) is -0.229. The van der Waals surface area contributed by atoms with Crippen LogP contribution in [0.3, 0.4) is 0 Å². The van der Waals surface area contributed by atoms with Crippen LogP contribution in [-0.4, -0.2) is 15.7 Å². The maximum atomic E-state index is 13.1. The molecule has 1 unspecified atom stereocenters. The van der Waals surface area contributed by atoms with E-state index in [1.54, 1.807) is 10.9 Å². The van der Waals surface area contributed by atoms with Gasteiger partial charge in [0.1, 0.15) is 0 Å². The van der Waals surface area contributed by atoms with Crippen LogP contribution in [0, 0.1) is 5.92 Å². The number of aryl methyl sites for hydroxylation is 1. The van der Waals surface area contributed by atoms with Crippen LogP contribution < -0.4 is 5.73 Å². The number of nitrogens with two attached hydrogens (primary N) is 1. The lowest BCUT2D eigenvalue weighted by Gasteiger charge is -2.32. The molecule has 96 valence electrons. The van der Waals surface area contributed by atoms with Crippen molar-refractivity contribution in [1.29, 1.82) is 0 Å². The summed E-state index contributed by atoms with van der Waals surface area (Å²) in [7, 11) is 1.82. The number of aromatic nitrogens is 2. The minimum Gasteiger partial charge on any atom is -0.322 e. The summed E-state index contributed by atoms with van der Waals surface area (Å²) in [6.07, 6.45) is 2.53. The van der Waals surface area contributed by atoms with Gasteiger partial charge in [-0.2, -0.15) is 5.10 Å². The predicted octanol–water partition coefficient (Wildman–Crippen LogP) is 3.01. The third kappa shape index (κ3) is 2.68. The average Bonchev–Trinajstić information content (AvgIpc) is 2.58. The lowest BCUT2D eigenvalue weighted by Crippen LogP contribution is -2.32. The standard InChI is InChI=1S/C11H16BrF2N3/c1-17-10(8(12)6-16-17)9(15)7-2-4-11(13,14)5-3-7/h6-7,9H,2-5,15H2,1H3. The topological polar surface area (TPSA) is 43.8 Å². The van der Waals surface area contributed by atoms with Crippen molar-refractivity contribution in [2.24, 2.45) is 18.7 Å². The van der Waals surface area contributed by atoms with Crippen LogP contribution >= 0.6 is 15.9 Å². The number of alkyl halides is 2. The summed E-state index contributed by atoms with van der Waals surface area (Å²) in [5, 5.41) is 4.10. The van der Waals surface area contributed by atoms with Crippen molar-refractivity contribution in [2.45, 2.75) is 37.6 Å². The van der Waals surface area contributed by atoms with Gasteiger partial charge in [0, 0.05) is 19.9 Å². The Morgan fingerprint density at radius 1 is 1.53 bits per heavy atom. The van der Waals surface area contributed by atoms with Crippen molar-refractivity contribution in [2.75, 3.05) is 0 Å². The van der Waals surface area contributed by atoms with E-state index in [1.165, 1.54) is 0 Å². The maximum absolute atomic E-state index is 13.1. The zero-order valence-corrected chi connectivity index (χ0v) is 11.3. The van der Waals surface area contributed by atoms with E-state index in [0.717, 1.165) is 10.2 Å². The van der Waals surface area contributed by atoms with E-state index in [2.05, 4.69) is 21.0 Å². The Morgan fingerprint density at radius 2 is 2.12 bits per heavy atom. The van der Waals surface area contributed by atoms with Gasteiger partial charge in [-0.15, -0.1) is 0 Å². The Balaban J connectivity index is 2.09. The van der Waals surface area contributed by atoms with Gasteiger partial charge in [0.05, 0.1) is 22.4 Å². The molecule has 0 aliphatic heterocycles. The van der Waals surface area contributed by atoms with Crippen molar-refractivity contribution in [3.63, 3.8) is 0 Å². The molecule has 1 aliphatic rings. The van der Waals surface area contributed by atoms with E-state index in [-0.39, 0.29) is 24.8 Å². The predicted molar refractivity (Wildman–Crippen MR) is 64.7 cm³/mol. The van der Waals surface area contributed by atoms with Crippen molar-refractivity contribution < 1.29 is 8.78 Å². The Morgan fingerprint density at radius 3 is 2.59 bits per heavy atom. The molecule has 1 aromatic heterocycles. The van der Waals surface area contributed by atoms with Crippen molar-refractivity contribution >= 4 is 15.9 Å². The van der Waals surface area contributed by atoms with Crippen LogP contribution in [0.1, 0.15) is 37.4 Å². The second-order valence-corrected chi connectivity index (χ2v) is 5.57. The first-order valence-corrected chi connectivity index (χ1v) is 6.51. The highest BCUT2D eigenvalue weighted by Crippen LogP contribution is 2.41. The zero-order chi connectivity index (χ0) is 12.6.